The van der Waals surface area contributed by atoms with Gasteiger partial charge in [-0.2, -0.15) is 5.10 Å². The Hall–Kier alpha value is -1.07. The van der Waals surface area contributed by atoms with Crippen molar-refractivity contribution in [3.8, 4) is 0 Å². The first-order chi connectivity index (χ1) is 7.01. The first kappa shape index (κ1) is 14.9. The largest absolute Gasteiger partial charge is 0.329 e. The molecule has 0 atom stereocenters. The molecule has 0 saturated heterocycles. The molecule has 1 aromatic rings. The van der Waals surface area contributed by atoms with Crippen LogP contribution in [0.15, 0.2) is 12.3 Å². The average Bonchev–Trinajstić information content (AvgIpc) is 2.65. The van der Waals surface area contributed by atoms with Crippen molar-refractivity contribution in [2.24, 2.45) is 11.1 Å². The molecule has 0 aliphatic heterocycles. The smallest absolute Gasteiger partial charge is 0.232 e. The topological polar surface area (TPSA) is 72.9 Å². The zero-order valence-corrected chi connectivity index (χ0v) is 10.7. The Kier molecular flexibility index (Phi) is 5.47. The molecular formula is C10H19ClN4O. The highest BCUT2D eigenvalue weighted by Gasteiger charge is 2.26. The molecule has 1 heterocycles. The predicted octanol–water partition coefficient (Wildman–Crippen LogP) is 1.25. The van der Waals surface area contributed by atoms with Gasteiger partial charge in [0, 0.05) is 19.2 Å². The van der Waals surface area contributed by atoms with E-state index in [2.05, 4.69) is 10.4 Å². The van der Waals surface area contributed by atoms with Gasteiger partial charge in [-0.05, 0) is 20.8 Å². The van der Waals surface area contributed by atoms with Gasteiger partial charge in [0.15, 0.2) is 0 Å². The van der Waals surface area contributed by atoms with Crippen molar-refractivity contribution in [1.29, 1.82) is 0 Å². The van der Waals surface area contributed by atoms with Gasteiger partial charge in [0.25, 0.3) is 0 Å². The number of nitrogens with one attached hydrogen (secondary N) is 1. The van der Waals surface area contributed by atoms with Crippen molar-refractivity contribution < 1.29 is 4.79 Å². The lowest BCUT2D eigenvalue weighted by Gasteiger charge is -2.21. The summed E-state index contributed by atoms with van der Waals surface area (Å²) in [6, 6.07) is 1.77. The number of halogens is 1. The van der Waals surface area contributed by atoms with Gasteiger partial charge in [-0.1, -0.05) is 0 Å². The van der Waals surface area contributed by atoms with Crippen molar-refractivity contribution in [2.75, 3.05) is 11.9 Å². The zero-order valence-electron chi connectivity index (χ0n) is 9.86. The summed E-state index contributed by atoms with van der Waals surface area (Å²) in [5.41, 5.74) is 4.97. The summed E-state index contributed by atoms with van der Waals surface area (Å²) in [6.07, 6.45) is 1.66. The molecule has 16 heavy (non-hydrogen) atoms. The third-order valence-corrected chi connectivity index (χ3v) is 2.38. The van der Waals surface area contributed by atoms with E-state index in [1.54, 1.807) is 16.9 Å². The standard InChI is InChI=1S/C10H18N4O.ClH/c1-4-14-8(5-6-12-14)13-9(15)10(2,3)7-11;/h5-6H,4,7,11H2,1-3H3,(H,13,15);1H. The van der Waals surface area contributed by atoms with E-state index in [0.29, 0.717) is 12.4 Å². The highest BCUT2D eigenvalue weighted by atomic mass is 35.5. The number of aryl methyl sites for hydroxylation is 1. The first-order valence-corrected chi connectivity index (χ1v) is 5.04. The van der Waals surface area contributed by atoms with Crippen LogP contribution in [-0.2, 0) is 11.3 Å². The van der Waals surface area contributed by atoms with Gasteiger partial charge < -0.3 is 11.1 Å². The third-order valence-electron chi connectivity index (χ3n) is 2.38. The molecule has 1 rings (SSSR count). The van der Waals surface area contributed by atoms with Crippen LogP contribution in [0.1, 0.15) is 20.8 Å². The summed E-state index contributed by atoms with van der Waals surface area (Å²) in [5, 5.41) is 6.88. The van der Waals surface area contributed by atoms with Gasteiger partial charge >= 0.3 is 0 Å². The minimum atomic E-state index is -0.553. The summed E-state index contributed by atoms with van der Waals surface area (Å²) in [5.74, 6) is 0.629. The summed E-state index contributed by atoms with van der Waals surface area (Å²) >= 11 is 0. The molecule has 0 unspecified atom stereocenters. The minimum Gasteiger partial charge on any atom is -0.329 e. The number of aromatic nitrogens is 2. The van der Waals surface area contributed by atoms with E-state index < -0.39 is 5.41 Å². The molecule has 0 fully saturated rings. The van der Waals surface area contributed by atoms with E-state index in [1.165, 1.54) is 0 Å². The van der Waals surface area contributed by atoms with Gasteiger partial charge in [0.1, 0.15) is 5.82 Å². The van der Waals surface area contributed by atoms with E-state index in [0.717, 1.165) is 6.54 Å². The normalized spacial score (nSPS) is 10.8. The molecular weight excluding hydrogens is 228 g/mol. The van der Waals surface area contributed by atoms with E-state index >= 15 is 0 Å². The van der Waals surface area contributed by atoms with Crippen molar-refractivity contribution in [3.05, 3.63) is 12.3 Å². The maximum atomic E-state index is 11.8. The van der Waals surface area contributed by atoms with E-state index in [1.807, 2.05) is 20.8 Å². The van der Waals surface area contributed by atoms with Crippen molar-refractivity contribution >= 4 is 24.1 Å². The van der Waals surface area contributed by atoms with E-state index in [-0.39, 0.29) is 18.3 Å². The number of nitrogens with zero attached hydrogens (tertiary/aromatic N) is 2. The molecule has 0 saturated carbocycles. The number of nitrogens with two attached hydrogens (primary N) is 1. The second kappa shape index (κ2) is 5.86. The van der Waals surface area contributed by atoms with Crippen molar-refractivity contribution in [2.45, 2.75) is 27.3 Å². The summed E-state index contributed by atoms with van der Waals surface area (Å²) in [6.45, 7) is 6.64. The molecule has 0 aromatic carbocycles. The molecule has 92 valence electrons. The SMILES string of the molecule is CCn1nccc1NC(=O)C(C)(C)CN.Cl. The van der Waals surface area contributed by atoms with Crippen LogP contribution in [0.3, 0.4) is 0 Å². The fourth-order valence-corrected chi connectivity index (χ4v) is 1.07. The Labute approximate surface area is 102 Å². The molecule has 3 N–H and O–H groups in total. The van der Waals surface area contributed by atoms with Gasteiger partial charge in [0.05, 0.1) is 11.6 Å². The summed E-state index contributed by atoms with van der Waals surface area (Å²) in [4.78, 5) is 11.8. The molecule has 5 nitrogen and oxygen atoms in total. The Bertz CT molecular complexity index is 348. The Morgan fingerprint density at radius 2 is 2.25 bits per heavy atom. The fraction of sp³-hybridized carbons (Fsp3) is 0.600. The molecule has 0 spiro atoms. The first-order valence-electron chi connectivity index (χ1n) is 5.04. The maximum Gasteiger partial charge on any atom is 0.232 e. The molecule has 6 heteroatoms. The Morgan fingerprint density at radius 1 is 1.62 bits per heavy atom. The third kappa shape index (κ3) is 3.21. The summed E-state index contributed by atoms with van der Waals surface area (Å²) < 4.78 is 1.73. The highest BCUT2D eigenvalue weighted by Crippen LogP contribution is 2.16. The van der Waals surface area contributed by atoms with E-state index in [4.69, 9.17) is 5.73 Å². The fourth-order valence-electron chi connectivity index (χ4n) is 1.07. The second-order valence-corrected chi connectivity index (χ2v) is 4.07. The number of anilines is 1. The second-order valence-electron chi connectivity index (χ2n) is 4.07. The molecule has 0 bridgehead atoms. The van der Waals surface area contributed by atoms with Crippen LogP contribution in [-0.4, -0.2) is 22.2 Å². The van der Waals surface area contributed by atoms with Crippen LogP contribution < -0.4 is 11.1 Å². The van der Waals surface area contributed by atoms with E-state index in [9.17, 15) is 4.79 Å². The number of hydrogen-bond donors (Lipinski definition) is 2. The lowest BCUT2D eigenvalue weighted by Crippen LogP contribution is -2.37. The van der Waals surface area contributed by atoms with Gasteiger partial charge in [-0.25, -0.2) is 4.68 Å². The maximum absolute atomic E-state index is 11.8. The molecule has 1 amide bonds. The monoisotopic (exact) mass is 246 g/mol. The molecule has 0 aliphatic rings. The molecule has 1 aromatic heterocycles. The predicted molar refractivity (Wildman–Crippen MR) is 66.6 cm³/mol. The number of hydrogen-bond acceptors (Lipinski definition) is 3. The van der Waals surface area contributed by atoms with Gasteiger partial charge in [-0.3, -0.25) is 4.79 Å². The van der Waals surface area contributed by atoms with Gasteiger partial charge in [0.2, 0.25) is 5.91 Å². The number of carbonyl (C=O) groups is 1. The van der Waals surface area contributed by atoms with Gasteiger partial charge in [-0.15, -0.1) is 12.4 Å². The number of carbonyl (C=O) groups excluding carboxylic acids is 1. The van der Waals surface area contributed by atoms with Crippen LogP contribution in [0.5, 0.6) is 0 Å². The van der Waals surface area contributed by atoms with Crippen LogP contribution in [0, 0.1) is 5.41 Å². The summed E-state index contributed by atoms with van der Waals surface area (Å²) in [7, 11) is 0. The van der Waals surface area contributed by atoms with Crippen molar-refractivity contribution in [3.63, 3.8) is 0 Å². The lowest BCUT2D eigenvalue weighted by molar-refractivity contribution is -0.123. The number of amides is 1. The zero-order chi connectivity index (χ0) is 11.5. The number of rotatable bonds is 4. The van der Waals surface area contributed by atoms with Crippen molar-refractivity contribution in [1.82, 2.24) is 9.78 Å². The highest BCUT2D eigenvalue weighted by molar-refractivity contribution is 5.94. The Morgan fingerprint density at radius 3 is 2.75 bits per heavy atom. The quantitative estimate of drug-likeness (QED) is 0.840. The van der Waals surface area contributed by atoms with Crippen LogP contribution >= 0.6 is 12.4 Å². The minimum absolute atomic E-state index is 0. The Balaban J connectivity index is 0.00000225. The molecule has 0 radical (unpaired) electrons. The van der Waals surface area contributed by atoms with Crippen LogP contribution in [0.25, 0.3) is 0 Å². The lowest BCUT2D eigenvalue weighted by atomic mass is 9.93. The molecule has 0 aliphatic carbocycles. The van der Waals surface area contributed by atoms with Crippen LogP contribution in [0.4, 0.5) is 5.82 Å². The van der Waals surface area contributed by atoms with Crippen LogP contribution in [0.2, 0.25) is 0 Å². The average molecular weight is 247 g/mol.